The van der Waals surface area contributed by atoms with Crippen LogP contribution in [0.4, 0.5) is 5.69 Å². The average Bonchev–Trinajstić information content (AvgIpc) is 2.81. The Bertz CT molecular complexity index is 1350. The third kappa shape index (κ3) is 6.83. The Labute approximate surface area is 210 Å². The summed E-state index contributed by atoms with van der Waals surface area (Å²) in [6.07, 6.45) is 1.77. The summed E-state index contributed by atoms with van der Waals surface area (Å²) < 4.78 is 28.5. The van der Waals surface area contributed by atoms with E-state index in [4.69, 9.17) is 0 Å². The third-order valence-electron chi connectivity index (χ3n) is 5.52. The van der Waals surface area contributed by atoms with Crippen LogP contribution in [0.15, 0.2) is 76.7 Å². The molecule has 0 aromatic heterocycles. The van der Waals surface area contributed by atoms with Gasteiger partial charge in [0, 0.05) is 18.7 Å². The number of sulfonamides is 1. The monoisotopic (exact) mass is 508 g/mol. The number of nitro groups is 1. The molecule has 10 heteroatoms. The summed E-state index contributed by atoms with van der Waals surface area (Å²) in [7, 11) is -3.98. The zero-order valence-electron chi connectivity index (χ0n) is 20.3. The number of benzene rings is 3. The maximum absolute atomic E-state index is 13.7. The van der Waals surface area contributed by atoms with Crippen molar-refractivity contribution in [3.05, 3.63) is 105 Å². The van der Waals surface area contributed by atoms with Crippen LogP contribution in [0.3, 0.4) is 0 Å². The summed E-state index contributed by atoms with van der Waals surface area (Å²) in [6, 6.07) is 18.7. The van der Waals surface area contributed by atoms with E-state index >= 15 is 0 Å². The molecule has 0 aliphatic rings. The predicted octanol–water partition coefficient (Wildman–Crippen LogP) is 3.90. The zero-order valence-corrected chi connectivity index (χ0v) is 21.2. The van der Waals surface area contributed by atoms with Crippen LogP contribution >= 0.6 is 0 Å². The van der Waals surface area contributed by atoms with Gasteiger partial charge in [-0.05, 0) is 61.6 Å². The number of carbonyl (C=O) groups is 1. The lowest BCUT2D eigenvalue weighted by atomic mass is 10.1. The number of hydrogen-bond donors (Lipinski definition) is 1. The van der Waals surface area contributed by atoms with E-state index in [0.29, 0.717) is 23.1 Å². The van der Waals surface area contributed by atoms with Crippen molar-refractivity contribution in [3.8, 4) is 0 Å². The Morgan fingerprint density at radius 3 is 2.22 bits per heavy atom. The fourth-order valence-corrected chi connectivity index (χ4v) is 5.75. The van der Waals surface area contributed by atoms with Gasteiger partial charge >= 0.3 is 0 Å². The van der Waals surface area contributed by atoms with Crippen molar-refractivity contribution in [2.75, 3.05) is 13.1 Å². The first-order valence-electron chi connectivity index (χ1n) is 11.3. The minimum atomic E-state index is -3.98. The molecule has 3 rings (SSSR count). The molecule has 0 spiro atoms. The van der Waals surface area contributed by atoms with Crippen LogP contribution in [0.2, 0.25) is 0 Å². The van der Waals surface area contributed by atoms with Crippen molar-refractivity contribution >= 4 is 27.8 Å². The standard InChI is InChI=1S/C26H28N4O5S/c1-19-15-20(2)26(21(3)16-19)36(34,35)29(14-13-22-7-5-4-6-8-22)18-25(31)28-27-17-23-9-11-24(12-10-23)30(32)33/h4-12,15-17H,13-14,18H2,1-3H3,(H,28,31)/b27-17+. The maximum atomic E-state index is 13.7. The minimum absolute atomic E-state index is 0.0582. The summed E-state index contributed by atoms with van der Waals surface area (Å²) in [5.74, 6) is -0.604. The largest absolute Gasteiger partial charge is 0.272 e. The normalized spacial score (nSPS) is 11.7. The Balaban J connectivity index is 1.79. The van der Waals surface area contributed by atoms with Gasteiger partial charge in [0.25, 0.3) is 11.6 Å². The number of hydrazone groups is 1. The first-order valence-corrected chi connectivity index (χ1v) is 12.7. The summed E-state index contributed by atoms with van der Waals surface area (Å²) >= 11 is 0. The molecule has 0 aliphatic heterocycles. The Kier molecular flexibility index (Phi) is 8.68. The Hall–Kier alpha value is -3.89. The highest BCUT2D eigenvalue weighted by Crippen LogP contribution is 2.25. The molecule has 188 valence electrons. The fraction of sp³-hybridized carbons (Fsp3) is 0.231. The van der Waals surface area contributed by atoms with Gasteiger partial charge in [-0.25, -0.2) is 13.8 Å². The van der Waals surface area contributed by atoms with E-state index in [2.05, 4.69) is 10.5 Å². The number of hydrogen-bond acceptors (Lipinski definition) is 6. The molecule has 0 fully saturated rings. The van der Waals surface area contributed by atoms with Crippen molar-refractivity contribution in [1.29, 1.82) is 0 Å². The average molecular weight is 509 g/mol. The van der Waals surface area contributed by atoms with Gasteiger partial charge in [0.2, 0.25) is 10.0 Å². The van der Waals surface area contributed by atoms with Gasteiger partial charge in [-0.2, -0.15) is 9.41 Å². The lowest BCUT2D eigenvalue weighted by Gasteiger charge is -2.24. The van der Waals surface area contributed by atoms with E-state index in [1.165, 1.54) is 34.8 Å². The van der Waals surface area contributed by atoms with Crippen molar-refractivity contribution in [3.63, 3.8) is 0 Å². The Morgan fingerprint density at radius 1 is 1.03 bits per heavy atom. The molecule has 0 saturated carbocycles. The number of amides is 1. The van der Waals surface area contributed by atoms with Crippen LogP contribution < -0.4 is 5.43 Å². The maximum Gasteiger partial charge on any atom is 0.269 e. The molecule has 9 nitrogen and oxygen atoms in total. The van der Waals surface area contributed by atoms with Crippen LogP contribution in [0.25, 0.3) is 0 Å². The smallest absolute Gasteiger partial charge is 0.269 e. The second-order valence-electron chi connectivity index (χ2n) is 8.44. The van der Waals surface area contributed by atoms with Crippen LogP contribution in [-0.4, -0.2) is 42.9 Å². The van der Waals surface area contributed by atoms with Gasteiger partial charge < -0.3 is 0 Å². The van der Waals surface area contributed by atoms with E-state index in [9.17, 15) is 23.3 Å². The number of aryl methyl sites for hydroxylation is 3. The van der Waals surface area contributed by atoms with Crippen LogP contribution in [0.1, 0.15) is 27.8 Å². The molecular weight excluding hydrogens is 480 g/mol. The van der Waals surface area contributed by atoms with E-state index in [1.807, 2.05) is 49.4 Å². The van der Waals surface area contributed by atoms with Gasteiger partial charge in [-0.1, -0.05) is 48.0 Å². The van der Waals surface area contributed by atoms with Crippen LogP contribution in [-0.2, 0) is 21.2 Å². The SMILES string of the molecule is Cc1cc(C)c(S(=O)(=O)N(CCc2ccccc2)CC(=O)N/N=C/c2ccc([N+](=O)[O-])cc2)c(C)c1. The van der Waals surface area contributed by atoms with Crippen LogP contribution in [0.5, 0.6) is 0 Å². The number of non-ortho nitro benzene ring substituents is 1. The van der Waals surface area contributed by atoms with Crippen molar-refractivity contribution in [1.82, 2.24) is 9.73 Å². The van der Waals surface area contributed by atoms with Gasteiger partial charge in [0.1, 0.15) is 0 Å². The minimum Gasteiger partial charge on any atom is -0.272 e. The number of carbonyl (C=O) groups excluding carboxylic acids is 1. The Morgan fingerprint density at radius 2 is 1.64 bits per heavy atom. The first-order chi connectivity index (χ1) is 17.1. The van der Waals surface area contributed by atoms with E-state index in [0.717, 1.165) is 11.1 Å². The highest BCUT2D eigenvalue weighted by Gasteiger charge is 2.29. The molecular formula is C26H28N4O5S. The molecule has 0 unspecified atom stereocenters. The quantitative estimate of drug-likeness (QED) is 0.253. The van der Waals surface area contributed by atoms with Gasteiger partial charge in [0.15, 0.2) is 0 Å². The molecule has 0 radical (unpaired) electrons. The predicted molar refractivity (Wildman–Crippen MR) is 138 cm³/mol. The van der Waals surface area contributed by atoms with Gasteiger partial charge in [-0.15, -0.1) is 0 Å². The number of nitro benzene ring substituents is 1. The summed E-state index contributed by atoms with van der Waals surface area (Å²) in [6.45, 7) is 5.09. The summed E-state index contributed by atoms with van der Waals surface area (Å²) in [4.78, 5) is 23.1. The number of rotatable bonds is 10. The highest BCUT2D eigenvalue weighted by molar-refractivity contribution is 7.89. The number of nitrogens with zero attached hydrogens (tertiary/aromatic N) is 3. The molecule has 0 saturated heterocycles. The van der Waals surface area contributed by atoms with E-state index < -0.39 is 27.4 Å². The molecule has 0 aliphatic carbocycles. The molecule has 0 bridgehead atoms. The van der Waals surface area contributed by atoms with E-state index in [-0.39, 0.29) is 17.1 Å². The first kappa shape index (κ1) is 26.7. The topological polar surface area (TPSA) is 122 Å². The summed E-state index contributed by atoms with van der Waals surface area (Å²) in [5, 5.41) is 14.6. The van der Waals surface area contributed by atoms with Gasteiger partial charge in [-0.3, -0.25) is 14.9 Å². The fourth-order valence-electron chi connectivity index (χ4n) is 3.94. The van der Waals surface area contributed by atoms with Crippen molar-refractivity contribution < 1.29 is 18.1 Å². The van der Waals surface area contributed by atoms with Crippen molar-refractivity contribution in [2.45, 2.75) is 32.1 Å². The zero-order chi connectivity index (χ0) is 26.3. The van der Waals surface area contributed by atoms with E-state index in [1.54, 1.807) is 13.8 Å². The summed E-state index contributed by atoms with van der Waals surface area (Å²) in [5.41, 5.74) is 5.98. The lowest BCUT2D eigenvalue weighted by molar-refractivity contribution is -0.384. The molecule has 3 aromatic carbocycles. The molecule has 1 amide bonds. The van der Waals surface area contributed by atoms with Gasteiger partial charge in [0.05, 0.1) is 22.6 Å². The van der Waals surface area contributed by atoms with Crippen molar-refractivity contribution in [2.24, 2.45) is 5.10 Å². The molecule has 0 heterocycles. The molecule has 3 aromatic rings. The molecule has 0 atom stereocenters. The second-order valence-corrected chi connectivity index (χ2v) is 10.3. The third-order valence-corrected chi connectivity index (χ3v) is 7.67. The lowest BCUT2D eigenvalue weighted by Crippen LogP contribution is -2.41. The number of nitrogens with one attached hydrogen (secondary N) is 1. The molecule has 36 heavy (non-hydrogen) atoms. The molecule has 1 N–H and O–H groups in total. The van der Waals surface area contributed by atoms with Crippen LogP contribution in [0, 0.1) is 30.9 Å². The highest BCUT2D eigenvalue weighted by atomic mass is 32.2. The second kappa shape index (κ2) is 11.7.